The lowest BCUT2D eigenvalue weighted by Gasteiger charge is -2.19. The Hall–Kier alpha value is -11.6. The van der Waals surface area contributed by atoms with Crippen molar-refractivity contribution in [2.24, 2.45) is 0 Å². The van der Waals surface area contributed by atoms with Gasteiger partial charge in [-0.05, 0) is 84.2 Å². The van der Waals surface area contributed by atoms with Crippen molar-refractivity contribution in [3.8, 4) is 45.8 Å². The van der Waals surface area contributed by atoms with Crippen molar-refractivity contribution in [3.05, 3.63) is 303 Å². The van der Waals surface area contributed by atoms with Crippen LogP contribution in [-0.2, 0) is 0 Å². The monoisotopic (exact) mass is 1110 g/mol. The highest BCUT2D eigenvalue weighted by Crippen LogP contribution is 2.41. The lowest BCUT2D eigenvalue weighted by molar-refractivity contribution is 0.954. The number of nitrogens with zero attached hydrogens (tertiary/aromatic N) is 7. The molecule has 0 atom stereocenters. The molecule has 0 aliphatic rings. The second-order valence-corrected chi connectivity index (χ2v) is 22.7. The second-order valence-electron chi connectivity index (χ2n) is 22.7. The summed E-state index contributed by atoms with van der Waals surface area (Å²) in [5.74, 6) is 1.81. The summed E-state index contributed by atoms with van der Waals surface area (Å²) in [7, 11) is 0. The van der Waals surface area contributed by atoms with Crippen LogP contribution in [0.5, 0.6) is 0 Å². The van der Waals surface area contributed by atoms with Crippen LogP contribution in [0, 0.1) is 0 Å². The van der Waals surface area contributed by atoms with Gasteiger partial charge in [-0.3, -0.25) is 4.57 Å². The van der Waals surface area contributed by atoms with Crippen LogP contribution in [-0.4, -0.2) is 39.9 Å². The third-order valence-electron chi connectivity index (χ3n) is 17.9. The normalized spacial score (nSPS) is 11.9. The maximum Gasteiger partial charge on any atom is 0.241 e. The first kappa shape index (κ1) is 48.9. The minimum absolute atomic E-state index is 0.111. The van der Waals surface area contributed by atoms with Gasteiger partial charge in [0.15, 0.2) is 11.6 Å². The number of para-hydroxylation sites is 6. The Morgan fingerprint density at radius 1 is 0.230 bits per heavy atom. The zero-order valence-corrected chi connectivity index (χ0v) is 47.1. The molecule has 0 aliphatic carbocycles. The lowest BCUT2D eigenvalue weighted by atomic mass is 9.36. The topological polar surface area (TPSA) is 58.4 Å². The summed E-state index contributed by atoms with van der Waals surface area (Å²) in [4.78, 5) is 15.6. The summed E-state index contributed by atoms with van der Waals surface area (Å²) in [5.41, 5.74) is 18.0. The Bertz CT molecular complexity index is 5550. The van der Waals surface area contributed by atoms with E-state index in [1.165, 1.54) is 76.2 Å². The fourth-order valence-corrected chi connectivity index (χ4v) is 14.1. The zero-order valence-electron chi connectivity index (χ0n) is 47.1. The average molecular weight is 1110 g/mol. The average Bonchev–Trinajstić information content (AvgIpc) is 1.76. The predicted octanol–water partition coefficient (Wildman–Crippen LogP) is 17.3. The highest BCUT2D eigenvalue weighted by molar-refractivity contribution is 6.96. The van der Waals surface area contributed by atoms with E-state index in [-0.39, 0.29) is 6.71 Å². The minimum atomic E-state index is -0.111. The van der Waals surface area contributed by atoms with Gasteiger partial charge in [-0.2, -0.15) is 9.97 Å². The molecule has 13 aromatic carbocycles. The van der Waals surface area contributed by atoms with Crippen molar-refractivity contribution in [1.29, 1.82) is 0 Å². The molecule has 0 spiro atoms. The van der Waals surface area contributed by atoms with Gasteiger partial charge in [-0.25, -0.2) is 4.98 Å². The van der Waals surface area contributed by atoms with Gasteiger partial charge in [-0.1, -0.05) is 241 Å². The molecule has 0 unspecified atom stereocenters. The molecular weight excluding hydrogens is 1060 g/mol. The van der Waals surface area contributed by atoms with Gasteiger partial charge in [0, 0.05) is 71.0 Å². The molecule has 0 radical (unpaired) electrons. The van der Waals surface area contributed by atoms with Crippen molar-refractivity contribution in [3.63, 3.8) is 0 Å². The molecule has 8 heteroatoms. The van der Waals surface area contributed by atoms with E-state index in [0.717, 1.165) is 66.4 Å². The standard InChI is InChI=1S/C79H50BN7/c1-5-22-51(23-6-1)77-81-78(52-24-7-2-8-25-52)83-79(82-77)87-72-38-20-16-34-63(72)67-49-75-66(50-76(67)87)62-33-15-19-37-71(62)86(75)68-39-21-26-53-46-54(40-43-59(53)68)80(55-41-44-73-64(47-55)60-31-13-17-35-69(60)84(73)57-27-9-3-10-28-57)56-42-45-74-65(48-56)61-32-14-18-36-70(61)85(74)58-29-11-4-12-30-58/h1-50H. The van der Waals surface area contributed by atoms with Crippen LogP contribution in [0.3, 0.4) is 0 Å². The van der Waals surface area contributed by atoms with Crippen LogP contribution in [0.1, 0.15) is 0 Å². The molecule has 0 saturated heterocycles. The molecular formula is C79H50BN7. The Labute approximate surface area is 500 Å². The Morgan fingerprint density at radius 2 is 0.609 bits per heavy atom. The van der Waals surface area contributed by atoms with Gasteiger partial charge in [0.05, 0.1) is 49.8 Å². The summed E-state index contributed by atoms with van der Waals surface area (Å²) >= 11 is 0. The first-order chi connectivity index (χ1) is 43.2. The Balaban J connectivity index is 0.838. The van der Waals surface area contributed by atoms with Crippen LogP contribution < -0.4 is 16.4 Å². The zero-order chi connectivity index (χ0) is 57.1. The van der Waals surface area contributed by atoms with Gasteiger partial charge in [0.1, 0.15) is 0 Å². The predicted molar refractivity (Wildman–Crippen MR) is 363 cm³/mol. The maximum absolute atomic E-state index is 5.27. The largest absolute Gasteiger partial charge is 0.309 e. The van der Waals surface area contributed by atoms with Crippen LogP contribution in [0.25, 0.3) is 144 Å². The second kappa shape index (κ2) is 19.5. The van der Waals surface area contributed by atoms with Crippen molar-refractivity contribution in [2.75, 3.05) is 0 Å². The fourth-order valence-electron chi connectivity index (χ4n) is 14.1. The minimum Gasteiger partial charge on any atom is -0.309 e. The number of benzene rings is 13. The summed E-state index contributed by atoms with van der Waals surface area (Å²) in [6, 6.07) is 110. The van der Waals surface area contributed by atoms with Crippen LogP contribution >= 0.6 is 0 Å². The molecule has 87 heavy (non-hydrogen) atoms. The Morgan fingerprint density at radius 3 is 1.10 bits per heavy atom. The Kier molecular flexibility index (Phi) is 11.0. The van der Waals surface area contributed by atoms with E-state index in [1.54, 1.807) is 0 Å². The van der Waals surface area contributed by atoms with E-state index in [2.05, 4.69) is 285 Å². The molecule has 5 heterocycles. The van der Waals surface area contributed by atoms with Crippen LogP contribution in [0.4, 0.5) is 0 Å². The molecule has 0 aliphatic heterocycles. The molecule has 0 amide bonds. The highest BCUT2D eigenvalue weighted by atomic mass is 15.2. The molecule has 0 bridgehead atoms. The van der Waals surface area contributed by atoms with Gasteiger partial charge < -0.3 is 13.7 Å². The molecule has 0 N–H and O–H groups in total. The quantitative estimate of drug-likeness (QED) is 0.135. The number of fused-ring (bicyclic) bond motifs is 13. The van der Waals surface area contributed by atoms with Crippen molar-refractivity contribution >= 4 is 121 Å². The highest BCUT2D eigenvalue weighted by Gasteiger charge is 2.27. The summed E-state index contributed by atoms with van der Waals surface area (Å²) in [6.45, 7) is -0.111. The summed E-state index contributed by atoms with van der Waals surface area (Å²) in [6.07, 6.45) is 0. The van der Waals surface area contributed by atoms with E-state index < -0.39 is 0 Å². The van der Waals surface area contributed by atoms with Crippen molar-refractivity contribution < 1.29 is 0 Å². The van der Waals surface area contributed by atoms with Crippen molar-refractivity contribution in [1.82, 2.24) is 33.2 Å². The number of hydrogen-bond acceptors (Lipinski definition) is 3. The maximum atomic E-state index is 5.27. The SMILES string of the molecule is c1ccc(-c2nc(-c3ccccc3)nc(-n3c4ccccc4c4cc5c(cc43)c3ccccc3n5-c3cccc4cc(B(c5ccc6c(c5)c5ccccc5n6-c5ccccc5)c5ccc6c(c5)c5ccccc5n6-c5ccccc5)ccc34)n2)cc1. The van der Waals surface area contributed by atoms with Gasteiger partial charge in [-0.15, -0.1) is 0 Å². The number of rotatable bonds is 9. The smallest absolute Gasteiger partial charge is 0.241 e. The van der Waals surface area contributed by atoms with Gasteiger partial charge >= 0.3 is 0 Å². The van der Waals surface area contributed by atoms with Gasteiger partial charge in [0.2, 0.25) is 12.7 Å². The molecule has 5 aromatic heterocycles. The first-order valence-corrected chi connectivity index (χ1v) is 29.7. The molecule has 18 aromatic rings. The first-order valence-electron chi connectivity index (χ1n) is 29.7. The van der Waals surface area contributed by atoms with E-state index in [4.69, 9.17) is 15.0 Å². The molecule has 404 valence electrons. The summed E-state index contributed by atoms with van der Waals surface area (Å²) in [5, 5.41) is 11.8. The lowest BCUT2D eigenvalue weighted by Crippen LogP contribution is -2.52. The third kappa shape index (κ3) is 7.67. The summed E-state index contributed by atoms with van der Waals surface area (Å²) < 4.78 is 9.51. The van der Waals surface area contributed by atoms with E-state index in [0.29, 0.717) is 17.6 Å². The third-order valence-corrected chi connectivity index (χ3v) is 17.9. The van der Waals surface area contributed by atoms with E-state index in [1.807, 2.05) is 36.4 Å². The fraction of sp³-hybridized carbons (Fsp3) is 0. The molecule has 0 saturated carbocycles. The number of aromatic nitrogens is 7. The number of hydrogen-bond donors (Lipinski definition) is 0. The van der Waals surface area contributed by atoms with Crippen LogP contribution in [0.15, 0.2) is 303 Å². The van der Waals surface area contributed by atoms with Crippen molar-refractivity contribution in [2.45, 2.75) is 0 Å². The van der Waals surface area contributed by atoms with E-state index >= 15 is 0 Å². The molecule has 0 fully saturated rings. The van der Waals surface area contributed by atoms with Gasteiger partial charge in [0.25, 0.3) is 0 Å². The van der Waals surface area contributed by atoms with E-state index in [9.17, 15) is 0 Å². The molecule has 7 nitrogen and oxygen atoms in total. The van der Waals surface area contributed by atoms with Crippen LogP contribution in [0.2, 0.25) is 0 Å². The molecule has 18 rings (SSSR count).